The van der Waals surface area contributed by atoms with Crippen molar-refractivity contribution in [2.75, 3.05) is 33.8 Å². The number of hydrogen-bond donors (Lipinski definition) is 1. The summed E-state index contributed by atoms with van der Waals surface area (Å²) in [5.74, 6) is 0.782. The van der Waals surface area contributed by atoms with Crippen LogP contribution in [0.3, 0.4) is 0 Å². The van der Waals surface area contributed by atoms with Crippen LogP contribution in [0.25, 0.3) is 0 Å². The first kappa shape index (κ1) is 14.5. The number of ether oxygens (including phenoxy) is 1. The van der Waals surface area contributed by atoms with Crippen LogP contribution in [0.2, 0.25) is 0 Å². The second-order valence-corrected chi connectivity index (χ2v) is 5.94. The van der Waals surface area contributed by atoms with Gasteiger partial charge in [-0.05, 0) is 38.4 Å². The molecule has 0 radical (unpaired) electrons. The van der Waals surface area contributed by atoms with Crippen molar-refractivity contribution in [1.82, 2.24) is 15.4 Å². The maximum absolute atomic E-state index is 5.17. The molecule has 1 aliphatic heterocycles. The number of aromatic nitrogens is 1. The summed E-state index contributed by atoms with van der Waals surface area (Å²) in [4.78, 5) is 2.40. The first-order valence-corrected chi connectivity index (χ1v) is 6.94. The third-order valence-electron chi connectivity index (χ3n) is 3.95. The van der Waals surface area contributed by atoms with Gasteiger partial charge in [0.15, 0.2) is 5.76 Å². The number of nitrogens with one attached hydrogen (secondary N) is 1. The summed E-state index contributed by atoms with van der Waals surface area (Å²) in [7, 11) is 3.85. The maximum Gasteiger partial charge on any atom is 0.162 e. The highest BCUT2D eigenvalue weighted by molar-refractivity contribution is 5.04. The lowest BCUT2D eigenvalue weighted by atomic mass is 9.80. The number of hydrogen-bond acceptors (Lipinski definition) is 5. The standard InChI is InChI=1S/C14H25N3O2/c1-14(4-6-17(2)7-5-14)11-15-9-12-8-13(10-18-3)19-16-12/h8,15H,4-7,9-11H2,1-3H3. The lowest BCUT2D eigenvalue weighted by Gasteiger charge is -2.38. The van der Waals surface area contributed by atoms with E-state index < -0.39 is 0 Å². The first-order chi connectivity index (χ1) is 9.11. The fourth-order valence-electron chi connectivity index (χ4n) is 2.48. The Balaban J connectivity index is 1.73. The zero-order valence-electron chi connectivity index (χ0n) is 12.2. The molecule has 1 saturated heterocycles. The molecule has 0 amide bonds. The molecule has 0 aliphatic carbocycles. The summed E-state index contributed by atoms with van der Waals surface area (Å²) >= 11 is 0. The quantitative estimate of drug-likeness (QED) is 0.849. The fraction of sp³-hybridized carbons (Fsp3) is 0.786. The molecule has 0 atom stereocenters. The summed E-state index contributed by atoms with van der Waals surface area (Å²) < 4.78 is 10.2. The molecule has 5 heteroatoms. The van der Waals surface area contributed by atoms with Gasteiger partial charge in [0.2, 0.25) is 0 Å². The minimum absolute atomic E-state index is 0.408. The van der Waals surface area contributed by atoms with Crippen molar-refractivity contribution in [3.63, 3.8) is 0 Å². The summed E-state index contributed by atoms with van der Waals surface area (Å²) in [5.41, 5.74) is 1.36. The predicted octanol–water partition coefficient (Wildman–Crippen LogP) is 1.64. The van der Waals surface area contributed by atoms with Gasteiger partial charge >= 0.3 is 0 Å². The van der Waals surface area contributed by atoms with Gasteiger partial charge in [-0.1, -0.05) is 12.1 Å². The van der Waals surface area contributed by atoms with E-state index in [-0.39, 0.29) is 0 Å². The Bertz CT molecular complexity index is 384. The number of rotatable bonds is 6. The fourth-order valence-corrected chi connectivity index (χ4v) is 2.48. The van der Waals surface area contributed by atoms with Gasteiger partial charge in [-0.25, -0.2) is 0 Å². The topological polar surface area (TPSA) is 50.5 Å². The molecule has 0 saturated carbocycles. The summed E-state index contributed by atoms with van der Waals surface area (Å²) in [5, 5.41) is 7.53. The van der Waals surface area contributed by atoms with Crippen LogP contribution in [0.4, 0.5) is 0 Å². The predicted molar refractivity (Wildman–Crippen MR) is 73.8 cm³/mol. The molecule has 5 nitrogen and oxygen atoms in total. The Morgan fingerprint density at radius 2 is 2.21 bits per heavy atom. The van der Waals surface area contributed by atoms with E-state index in [9.17, 15) is 0 Å². The number of nitrogens with zero attached hydrogens (tertiary/aromatic N) is 2. The number of methoxy groups -OCH3 is 1. The van der Waals surface area contributed by atoms with Crippen LogP contribution >= 0.6 is 0 Å². The van der Waals surface area contributed by atoms with Crippen molar-refractivity contribution in [1.29, 1.82) is 0 Å². The molecule has 1 aliphatic rings. The second kappa shape index (κ2) is 6.50. The Morgan fingerprint density at radius 1 is 1.47 bits per heavy atom. The summed E-state index contributed by atoms with van der Waals surface area (Å²) in [6.07, 6.45) is 2.51. The van der Waals surface area contributed by atoms with Crippen LogP contribution in [0.15, 0.2) is 10.6 Å². The van der Waals surface area contributed by atoms with Gasteiger partial charge in [0.25, 0.3) is 0 Å². The molecule has 0 spiro atoms. The first-order valence-electron chi connectivity index (χ1n) is 6.94. The van der Waals surface area contributed by atoms with Crippen LogP contribution < -0.4 is 5.32 Å². The monoisotopic (exact) mass is 267 g/mol. The van der Waals surface area contributed by atoms with E-state index in [4.69, 9.17) is 9.26 Å². The Labute approximate surface area is 115 Å². The molecular formula is C14H25N3O2. The van der Waals surface area contributed by atoms with E-state index in [1.54, 1.807) is 7.11 Å². The molecule has 1 fully saturated rings. The van der Waals surface area contributed by atoms with Gasteiger partial charge in [-0.3, -0.25) is 0 Å². The van der Waals surface area contributed by atoms with E-state index in [0.717, 1.165) is 24.5 Å². The van der Waals surface area contributed by atoms with E-state index >= 15 is 0 Å². The Morgan fingerprint density at radius 3 is 2.89 bits per heavy atom. The molecule has 1 aromatic rings. The molecule has 2 rings (SSSR count). The zero-order valence-corrected chi connectivity index (χ0v) is 12.2. The Kier molecular flexibility index (Phi) is 4.96. The highest BCUT2D eigenvalue weighted by Gasteiger charge is 2.28. The molecule has 0 bridgehead atoms. The van der Waals surface area contributed by atoms with Crippen LogP contribution in [0.1, 0.15) is 31.2 Å². The third kappa shape index (κ3) is 4.30. The Hall–Kier alpha value is -0.910. The van der Waals surface area contributed by atoms with Crippen molar-refractivity contribution < 1.29 is 9.26 Å². The second-order valence-electron chi connectivity index (χ2n) is 5.94. The van der Waals surface area contributed by atoms with Gasteiger partial charge < -0.3 is 19.5 Å². The van der Waals surface area contributed by atoms with Gasteiger partial charge in [0.1, 0.15) is 6.61 Å². The highest BCUT2D eigenvalue weighted by Crippen LogP contribution is 2.29. The van der Waals surface area contributed by atoms with E-state index in [1.165, 1.54) is 25.9 Å². The lowest BCUT2D eigenvalue weighted by Crippen LogP contribution is -2.41. The van der Waals surface area contributed by atoms with E-state index in [0.29, 0.717) is 12.0 Å². The normalized spacial score (nSPS) is 19.7. The minimum atomic E-state index is 0.408. The third-order valence-corrected chi connectivity index (χ3v) is 3.95. The largest absolute Gasteiger partial charge is 0.377 e. The van der Waals surface area contributed by atoms with Crippen molar-refractivity contribution in [3.8, 4) is 0 Å². The molecule has 108 valence electrons. The maximum atomic E-state index is 5.17. The number of likely N-dealkylation sites (tertiary alicyclic amines) is 1. The lowest BCUT2D eigenvalue weighted by molar-refractivity contribution is 0.136. The van der Waals surface area contributed by atoms with Crippen LogP contribution in [-0.2, 0) is 17.9 Å². The van der Waals surface area contributed by atoms with Crippen LogP contribution in [0, 0.1) is 5.41 Å². The summed E-state index contributed by atoms with van der Waals surface area (Å²) in [6.45, 7) is 7.04. The van der Waals surface area contributed by atoms with Gasteiger partial charge in [0, 0.05) is 26.3 Å². The molecule has 0 unspecified atom stereocenters. The van der Waals surface area contributed by atoms with Crippen molar-refractivity contribution in [2.24, 2.45) is 5.41 Å². The highest BCUT2D eigenvalue weighted by atomic mass is 16.5. The number of piperidine rings is 1. The van der Waals surface area contributed by atoms with Gasteiger partial charge in [-0.15, -0.1) is 0 Å². The molecule has 1 N–H and O–H groups in total. The van der Waals surface area contributed by atoms with Crippen LogP contribution in [0.5, 0.6) is 0 Å². The zero-order chi connectivity index (χ0) is 13.7. The molecule has 2 heterocycles. The minimum Gasteiger partial charge on any atom is -0.377 e. The summed E-state index contributed by atoms with van der Waals surface area (Å²) in [6, 6.07) is 1.95. The molecule has 19 heavy (non-hydrogen) atoms. The molecule has 0 aromatic carbocycles. The molecule has 1 aromatic heterocycles. The van der Waals surface area contributed by atoms with Gasteiger partial charge in [0.05, 0.1) is 5.69 Å². The molecular weight excluding hydrogens is 242 g/mol. The smallest absolute Gasteiger partial charge is 0.162 e. The average molecular weight is 267 g/mol. The van der Waals surface area contributed by atoms with Crippen molar-refractivity contribution >= 4 is 0 Å². The van der Waals surface area contributed by atoms with E-state index in [2.05, 4.69) is 29.3 Å². The van der Waals surface area contributed by atoms with E-state index in [1.807, 2.05) is 6.07 Å². The van der Waals surface area contributed by atoms with Crippen molar-refractivity contribution in [2.45, 2.75) is 32.9 Å². The van der Waals surface area contributed by atoms with Gasteiger partial charge in [-0.2, -0.15) is 0 Å². The van der Waals surface area contributed by atoms with Crippen molar-refractivity contribution in [3.05, 3.63) is 17.5 Å². The van der Waals surface area contributed by atoms with Crippen LogP contribution in [-0.4, -0.2) is 43.8 Å². The SMILES string of the molecule is COCc1cc(CNCC2(C)CCN(C)CC2)no1. The average Bonchev–Trinajstić information content (AvgIpc) is 2.82.